The number of hydrogen-bond acceptors (Lipinski definition) is 3. The molecule has 0 bridgehead atoms. The second kappa shape index (κ2) is 5.75. The topological polar surface area (TPSA) is 44.5 Å². The van der Waals surface area contributed by atoms with Gasteiger partial charge in [-0.15, -0.1) is 0 Å². The Bertz CT molecular complexity index is 337. The van der Waals surface area contributed by atoms with E-state index >= 15 is 0 Å². The molecule has 0 amide bonds. The van der Waals surface area contributed by atoms with Gasteiger partial charge >= 0.3 is 0 Å². The summed E-state index contributed by atoms with van der Waals surface area (Å²) >= 11 is 0. The summed E-state index contributed by atoms with van der Waals surface area (Å²) in [6.45, 7) is 6.70. The van der Waals surface area contributed by atoms with Gasteiger partial charge in [-0.3, -0.25) is 0 Å². The lowest BCUT2D eigenvalue weighted by Crippen LogP contribution is -2.33. The third kappa shape index (κ3) is 3.42. The second-order valence-electron chi connectivity index (χ2n) is 4.37. The van der Waals surface area contributed by atoms with Crippen LogP contribution in [-0.2, 0) is 0 Å². The van der Waals surface area contributed by atoms with E-state index in [9.17, 15) is 0 Å². The van der Waals surface area contributed by atoms with E-state index < -0.39 is 0 Å². The van der Waals surface area contributed by atoms with Gasteiger partial charge in [0, 0.05) is 6.04 Å². The van der Waals surface area contributed by atoms with Crippen molar-refractivity contribution in [3.05, 3.63) is 23.8 Å². The Hall–Kier alpha value is -1.22. The van der Waals surface area contributed by atoms with Crippen molar-refractivity contribution < 1.29 is 9.47 Å². The van der Waals surface area contributed by atoms with Crippen LogP contribution in [0.2, 0.25) is 0 Å². The van der Waals surface area contributed by atoms with Gasteiger partial charge < -0.3 is 15.2 Å². The second-order valence-corrected chi connectivity index (χ2v) is 4.37. The van der Waals surface area contributed by atoms with Crippen molar-refractivity contribution in [2.45, 2.75) is 26.8 Å². The molecule has 1 aromatic rings. The highest BCUT2D eigenvalue weighted by Gasteiger charge is 2.10. The summed E-state index contributed by atoms with van der Waals surface area (Å²) in [4.78, 5) is 0. The fourth-order valence-electron chi connectivity index (χ4n) is 1.27. The lowest BCUT2D eigenvalue weighted by atomic mass is 10.1. The van der Waals surface area contributed by atoms with Gasteiger partial charge in [0.25, 0.3) is 0 Å². The van der Waals surface area contributed by atoms with Crippen LogP contribution < -0.4 is 15.2 Å². The van der Waals surface area contributed by atoms with Crippen LogP contribution in [0.25, 0.3) is 0 Å². The first-order valence-corrected chi connectivity index (χ1v) is 5.57. The van der Waals surface area contributed by atoms with Crippen molar-refractivity contribution in [3.8, 4) is 11.5 Å². The van der Waals surface area contributed by atoms with Crippen molar-refractivity contribution in [2.24, 2.45) is 11.7 Å². The molecule has 16 heavy (non-hydrogen) atoms. The highest BCUT2D eigenvalue weighted by Crippen LogP contribution is 2.27. The van der Waals surface area contributed by atoms with Gasteiger partial charge in [-0.25, -0.2) is 0 Å². The molecule has 0 saturated carbocycles. The molecule has 3 heteroatoms. The van der Waals surface area contributed by atoms with E-state index in [1.54, 1.807) is 7.11 Å². The monoisotopic (exact) mass is 223 g/mol. The molecule has 0 aliphatic rings. The van der Waals surface area contributed by atoms with E-state index in [0.29, 0.717) is 12.5 Å². The lowest BCUT2D eigenvalue weighted by molar-refractivity contribution is 0.248. The van der Waals surface area contributed by atoms with Crippen LogP contribution in [0.1, 0.15) is 19.4 Å². The zero-order valence-corrected chi connectivity index (χ0v) is 10.5. The fourth-order valence-corrected chi connectivity index (χ4v) is 1.27. The van der Waals surface area contributed by atoms with Crippen LogP contribution in [0.15, 0.2) is 18.2 Å². The minimum atomic E-state index is 0.0472. The van der Waals surface area contributed by atoms with Gasteiger partial charge in [0.15, 0.2) is 11.5 Å². The SMILES string of the molecule is COc1cc(C)ccc1OCC(N)C(C)C. The Labute approximate surface area is 97.6 Å². The summed E-state index contributed by atoms with van der Waals surface area (Å²) in [5.74, 6) is 1.93. The summed E-state index contributed by atoms with van der Waals surface area (Å²) in [6.07, 6.45) is 0. The van der Waals surface area contributed by atoms with Crippen molar-refractivity contribution in [2.75, 3.05) is 13.7 Å². The zero-order chi connectivity index (χ0) is 12.1. The molecule has 1 aromatic carbocycles. The standard InChI is InChI=1S/C13H21NO2/c1-9(2)11(14)8-16-12-6-5-10(3)7-13(12)15-4/h5-7,9,11H,8,14H2,1-4H3. The summed E-state index contributed by atoms with van der Waals surface area (Å²) in [5, 5.41) is 0. The molecule has 90 valence electrons. The van der Waals surface area contributed by atoms with Crippen molar-refractivity contribution in [1.82, 2.24) is 0 Å². The molecule has 0 aromatic heterocycles. The largest absolute Gasteiger partial charge is 0.493 e. The van der Waals surface area contributed by atoms with E-state index in [0.717, 1.165) is 17.1 Å². The molecule has 3 nitrogen and oxygen atoms in total. The summed E-state index contributed by atoms with van der Waals surface area (Å²) in [5.41, 5.74) is 7.07. The quantitative estimate of drug-likeness (QED) is 0.833. The van der Waals surface area contributed by atoms with E-state index in [4.69, 9.17) is 15.2 Å². The summed E-state index contributed by atoms with van der Waals surface area (Å²) in [6, 6.07) is 5.92. The Morgan fingerprint density at radius 1 is 1.25 bits per heavy atom. The molecule has 2 N–H and O–H groups in total. The molecule has 0 aliphatic heterocycles. The maximum Gasteiger partial charge on any atom is 0.161 e. The van der Waals surface area contributed by atoms with Crippen LogP contribution in [-0.4, -0.2) is 19.8 Å². The molecule has 0 aliphatic carbocycles. The Morgan fingerprint density at radius 3 is 2.50 bits per heavy atom. The van der Waals surface area contributed by atoms with Crippen LogP contribution in [0, 0.1) is 12.8 Å². The summed E-state index contributed by atoms with van der Waals surface area (Å²) in [7, 11) is 1.64. The third-order valence-corrected chi connectivity index (χ3v) is 2.61. The van der Waals surface area contributed by atoms with Crippen molar-refractivity contribution >= 4 is 0 Å². The fraction of sp³-hybridized carbons (Fsp3) is 0.538. The van der Waals surface area contributed by atoms with Crippen LogP contribution in [0.5, 0.6) is 11.5 Å². The number of rotatable bonds is 5. The molecule has 0 fully saturated rings. The molecule has 0 radical (unpaired) electrons. The van der Waals surface area contributed by atoms with E-state index in [1.165, 1.54) is 0 Å². The predicted octanol–water partition coefficient (Wildman–Crippen LogP) is 2.37. The van der Waals surface area contributed by atoms with Crippen LogP contribution >= 0.6 is 0 Å². The Balaban J connectivity index is 2.66. The number of nitrogens with two attached hydrogens (primary N) is 1. The van der Waals surface area contributed by atoms with Gasteiger partial charge in [-0.1, -0.05) is 19.9 Å². The zero-order valence-electron chi connectivity index (χ0n) is 10.5. The number of benzene rings is 1. The van der Waals surface area contributed by atoms with Gasteiger partial charge in [0.05, 0.1) is 7.11 Å². The minimum Gasteiger partial charge on any atom is -0.493 e. The normalized spacial score (nSPS) is 12.6. The first-order valence-electron chi connectivity index (χ1n) is 5.57. The maximum absolute atomic E-state index is 5.92. The molecular formula is C13H21NO2. The first-order chi connectivity index (χ1) is 7.54. The molecule has 1 atom stereocenters. The Kier molecular flexibility index (Phi) is 4.62. The molecule has 0 saturated heterocycles. The number of ether oxygens (including phenoxy) is 2. The number of aryl methyl sites for hydroxylation is 1. The Morgan fingerprint density at radius 2 is 1.94 bits per heavy atom. The van der Waals surface area contributed by atoms with Gasteiger partial charge in [-0.05, 0) is 30.5 Å². The summed E-state index contributed by atoms with van der Waals surface area (Å²) < 4.78 is 10.9. The van der Waals surface area contributed by atoms with Crippen molar-refractivity contribution in [3.63, 3.8) is 0 Å². The van der Waals surface area contributed by atoms with Crippen molar-refractivity contribution in [1.29, 1.82) is 0 Å². The van der Waals surface area contributed by atoms with E-state index in [1.807, 2.05) is 25.1 Å². The lowest BCUT2D eigenvalue weighted by Gasteiger charge is -2.17. The average molecular weight is 223 g/mol. The molecule has 1 unspecified atom stereocenters. The highest BCUT2D eigenvalue weighted by atomic mass is 16.5. The van der Waals surface area contributed by atoms with Crippen LogP contribution in [0.3, 0.4) is 0 Å². The first kappa shape index (κ1) is 12.8. The molecule has 1 rings (SSSR count). The van der Waals surface area contributed by atoms with Gasteiger partial charge in [-0.2, -0.15) is 0 Å². The van der Waals surface area contributed by atoms with Crippen LogP contribution in [0.4, 0.5) is 0 Å². The smallest absolute Gasteiger partial charge is 0.161 e. The number of methoxy groups -OCH3 is 1. The van der Waals surface area contributed by atoms with E-state index in [2.05, 4.69) is 13.8 Å². The molecule has 0 heterocycles. The maximum atomic E-state index is 5.92. The van der Waals surface area contributed by atoms with E-state index in [-0.39, 0.29) is 6.04 Å². The minimum absolute atomic E-state index is 0.0472. The highest BCUT2D eigenvalue weighted by molar-refractivity contribution is 5.42. The molecule has 0 spiro atoms. The van der Waals surface area contributed by atoms with Gasteiger partial charge in [0.2, 0.25) is 0 Å². The van der Waals surface area contributed by atoms with Gasteiger partial charge in [0.1, 0.15) is 6.61 Å². The predicted molar refractivity (Wildman–Crippen MR) is 66.0 cm³/mol. The third-order valence-electron chi connectivity index (χ3n) is 2.61. The molecular weight excluding hydrogens is 202 g/mol. The number of hydrogen-bond donors (Lipinski definition) is 1. The average Bonchev–Trinajstić information content (AvgIpc) is 2.26.